The molecule has 122 valence electrons. The summed E-state index contributed by atoms with van der Waals surface area (Å²) in [5.41, 5.74) is 2.07. The molecule has 1 N–H and O–H groups in total. The van der Waals surface area contributed by atoms with Gasteiger partial charge in [0.2, 0.25) is 0 Å². The maximum absolute atomic E-state index is 12.7. The Bertz CT molecular complexity index is 679. The summed E-state index contributed by atoms with van der Waals surface area (Å²) in [6, 6.07) is 10.3. The Balaban J connectivity index is 1.73. The highest BCUT2D eigenvalue weighted by Gasteiger charge is 2.40. The van der Waals surface area contributed by atoms with Gasteiger partial charge in [-0.05, 0) is 24.3 Å². The first-order valence-corrected chi connectivity index (χ1v) is 7.95. The number of aryl methyl sites for hydroxylation is 1. The van der Waals surface area contributed by atoms with Crippen LogP contribution in [0.3, 0.4) is 0 Å². The molecule has 0 bridgehead atoms. The number of likely N-dealkylation sites (tertiary alicyclic amines) is 1. The number of hydrogen-bond acceptors (Lipinski definition) is 3. The minimum atomic E-state index is -0.0492. The Morgan fingerprint density at radius 2 is 2.13 bits per heavy atom. The molecule has 1 fully saturated rings. The first kappa shape index (κ1) is 15.6. The Kier molecular flexibility index (Phi) is 4.11. The van der Waals surface area contributed by atoms with Crippen molar-refractivity contribution >= 4 is 6.03 Å². The molecule has 1 atom stereocenters. The lowest BCUT2D eigenvalue weighted by molar-refractivity contribution is 0.189. The molecule has 2 heterocycles. The van der Waals surface area contributed by atoms with E-state index in [2.05, 4.69) is 36.3 Å². The van der Waals surface area contributed by atoms with Gasteiger partial charge in [0, 0.05) is 6.54 Å². The predicted molar refractivity (Wildman–Crippen MR) is 87.8 cm³/mol. The second kappa shape index (κ2) is 6.07. The summed E-state index contributed by atoms with van der Waals surface area (Å²) in [6.45, 7) is 7.39. The van der Waals surface area contributed by atoms with Crippen molar-refractivity contribution in [1.29, 1.82) is 0 Å². The number of carbonyl (C=O) groups is 1. The van der Waals surface area contributed by atoms with Gasteiger partial charge < -0.3 is 14.6 Å². The normalized spacial score (nSPS) is 19.8. The third kappa shape index (κ3) is 3.38. The van der Waals surface area contributed by atoms with E-state index in [1.807, 2.05) is 30.0 Å². The van der Waals surface area contributed by atoms with Crippen molar-refractivity contribution in [2.24, 2.45) is 5.41 Å². The summed E-state index contributed by atoms with van der Waals surface area (Å²) in [7, 11) is 0. The molecule has 23 heavy (non-hydrogen) atoms. The Labute approximate surface area is 136 Å². The number of amides is 2. The van der Waals surface area contributed by atoms with Crippen LogP contribution in [-0.4, -0.2) is 22.5 Å². The van der Waals surface area contributed by atoms with E-state index >= 15 is 0 Å². The van der Waals surface area contributed by atoms with Crippen LogP contribution in [-0.2, 0) is 6.54 Å². The molecule has 1 aromatic heterocycles. The van der Waals surface area contributed by atoms with Gasteiger partial charge in [-0.2, -0.15) is 0 Å². The van der Waals surface area contributed by atoms with Crippen molar-refractivity contribution in [3.63, 3.8) is 0 Å². The summed E-state index contributed by atoms with van der Waals surface area (Å²) in [4.78, 5) is 18.7. The van der Waals surface area contributed by atoms with E-state index in [9.17, 15) is 4.79 Å². The van der Waals surface area contributed by atoms with Gasteiger partial charge in [-0.3, -0.25) is 0 Å². The molecule has 0 radical (unpaired) electrons. The van der Waals surface area contributed by atoms with E-state index in [-0.39, 0.29) is 17.5 Å². The number of oxazole rings is 1. The smallest absolute Gasteiger partial charge is 0.318 e. The number of hydrogen-bond donors (Lipinski definition) is 1. The monoisotopic (exact) mass is 313 g/mol. The quantitative estimate of drug-likeness (QED) is 0.940. The van der Waals surface area contributed by atoms with Crippen molar-refractivity contribution in [3.05, 3.63) is 53.7 Å². The zero-order valence-electron chi connectivity index (χ0n) is 13.9. The zero-order valence-corrected chi connectivity index (χ0v) is 13.9. The number of rotatable bonds is 3. The zero-order chi connectivity index (χ0) is 16.4. The molecule has 2 amide bonds. The molecule has 1 aliphatic rings. The van der Waals surface area contributed by atoms with Gasteiger partial charge >= 0.3 is 6.03 Å². The van der Waals surface area contributed by atoms with Gasteiger partial charge in [0.15, 0.2) is 6.39 Å². The summed E-state index contributed by atoms with van der Waals surface area (Å²) < 4.78 is 5.17. The highest BCUT2D eigenvalue weighted by atomic mass is 16.3. The molecule has 1 aliphatic heterocycles. The Morgan fingerprint density at radius 3 is 2.78 bits per heavy atom. The first-order chi connectivity index (χ1) is 11.0. The van der Waals surface area contributed by atoms with E-state index in [0.717, 1.165) is 24.4 Å². The molecule has 1 aromatic carbocycles. The van der Waals surface area contributed by atoms with Crippen molar-refractivity contribution in [2.45, 2.75) is 39.8 Å². The van der Waals surface area contributed by atoms with Crippen LogP contribution in [0, 0.1) is 12.3 Å². The molecule has 1 saturated heterocycles. The van der Waals surface area contributed by atoms with Gasteiger partial charge in [0.05, 0.1) is 12.6 Å². The summed E-state index contributed by atoms with van der Waals surface area (Å²) in [6.07, 6.45) is 2.37. The summed E-state index contributed by atoms with van der Waals surface area (Å²) in [5, 5.41) is 2.97. The lowest BCUT2D eigenvalue weighted by Crippen LogP contribution is -2.40. The molecule has 0 aliphatic carbocycles. The number of aromatic nitrogens is 1. The molecule has 0 spiro atoms. The topological polar surface area (TPSA) is 58.4 Å². The third-order valence-electron chi connectivity index (χ3n) is 4.42. The average molecular weight is 313 g/mol. The van der Waals surface area contributed by atoms with E-state index in [1.54, 1.807) is 0 Å². The maximum Gasteiger partial charge on any atom is 0.318 e. The minimum Gasteiger partial charge on any atom is -0.448 e. The van der Waals surface area contributed by atoms with Gasteiger partial charge in [-0.1, -0.05) is 44.2 Å². The standard InChI is InChI=1S/C18H23N3O2/c1-13-15(20-12-23-13)10-19-17(22)21-11-18(2,3)9-16(21)14-7-5-4-6-8-14/h4-8,12,16H,9-11H2,1-3H3,(H,19,22). The molecular weight excluding hydrogens is 290 g/mol. The van der Waals surface area contributed by atoms with Crippen LogP contribution in [0.1, 0.15) is 43.3 Å². The molecule has 3 rings (SSSR count). The summed E-state index contributed by atoms with van der Waals surface area (Å²) >= 11 is 0. The summed E-state index contributed by atoms with van der Waals surface area (Å²) in [5.74, 6) is 0.742. The number of carbonyl (C=O) groups excluding carboxylic acids is 1. The fourth-order valence-corrected chi connectivity index (χ4v) is 3.21. The second-order valence-corrected chi connectivity index (χ2v) is 6.94. The largest absolute Gasteiger partial charge is 0.448 e. The van der Waals surface area contributed by atoms with Crippen molar-refractivity contribution in [3.8, 4) is 0 Å². The van der Waals surface area contributed by atoms with Crippen LogP contribution in [0.25, 0.3) is 0 Å². The molecule has 1 unspecified atom stereocenters. The van der Waals surface area contributed by atoms with Gasteiger partial charge in [0.25, 0.3) is 0 Å². The van der Waals surface area contributed by atoms with E-state index in [0.29, 0.717) is 6.54 Å². The molecule has 0 saturated carbocycles. The number of nitrogens with one attached hydrogen (secondary N) is 1. The van der Waals surface area contributed by atoms with Crippen LogP contribution in [0.2, 0.25) is 0 Å². The van der Waals surface area contributed by atoms with E-state index < -0.39 is 0 Å². The van der Waals surface area contributed by atoms with Crippen LogP contribution >= 0.6 is 0 Å². The Morgan fingerprint density at radius 1 is 1.39 bits per heavy atom. The van der Waals surface area contributed by atoms with Crippen molar-refractivity contribution in [2.75, 3.05) is 6.54 Å². The third-order valence-corrected chi connectivity index (χ3v) is 4.42. The van der Waals surface area contributed by atoms with Crippen LogP contribution < -0.4 is 5.32 Å². The van der Waals surface area contributed by atoms with E-state index in [4.69, 9.17) is 4.42 Å². The molecule has 2 aromatic rings. The molecular formula is C18H23N3O2. The van der Waals surface area contributed by atoms with Crippen molar-refractivity contribution < 1.29 is 9.21 Å². The second-order valence-electron chi connectivity index (χ2n) is 6.94. The highest BCUT2D eigenvalue weighted by Crippen LogP contribution is 2.42. The van der Waals surface area contributed by atoms with Crippen LogP contribution in [0.15, 0.2) is 41.1 Å². The molecule has 5 nitrogen and oxygen atoms in total. The maximum atomic E-state index is 12.7. The van der Waals surface area contributed by atoms with Gasteiger partial charge in [-0.15, -0.1) is 0 Å². The lowest BCUT2D eigenvalue weighted by atomic mass is 9.89. The Hall–Kier alpha value is -2.30. The van der Waals surface area contributed by atoms with Gasteiger partial charge in [0.1, 0.15) is 11.5 Å². The fourth-order valence-electron chi connectivity index (χ4n) is 3.21. The molecule has 5 heteroatoms. The van der Waals surface area contributed by atoms with Gasteiger partial charge in [-0.25, -0.2) is 9.78 Å². The van der Waals surface area contributed by atoms with Crippen LogP contribution in [0.5, 0.6) is 0 Å². The average Bonchev–Trinajstić information content (AvgIpc) is 3.08. The lowest BCUT2D eigenvalue weighted by Gasteiger charge is -2.25. The highest BCUT2D eigenvalue weighted by molar-refractivity contribution is 5.75. The van der Waals surface area contributed by atoms with E-state index in [1.165, 1.54) is 12.0 Å². The SMILES string of the molecule is Cc1ocnc1CNC(=O)N1CC(C)(C)CC1c1ccccc1. The minimum absolute atomic E-state index is 0.0492. The fraction of sp³-hybridized carbons (Fsp3) is 0.444. The number of benzene rings is 1. The van der Waals surface area contributed by atoms with Crippen molar-refractivity contribution in [1.82, 2.24) is 15.2 Å². The number of nitrogens with zero attached hydrogens (tertiary/aromatic N) is 2. The predicted octanol–water partition coefficient (Wildman–Crippen LogP) is 3.67. The van der Waals surface area contributed by atoms with Crippen LogP contribution in [0.4, 0.5) is 4.79 Å². The first-order valence-electron chi connectivity index (χ1n) is 7.95. The number of urea groups is 1.